The Morgan fingerprint density at radius 2 is 1.78 bits per heavy atom. The Bertz CT molecular complexity index is 1550. The average Bonchev–Trinajstić information content (AvgIpc) is 3.35. The van der Waals surface area contributed by atoms with Crippen molar-refractivity contribution in [2.24, 2.45) is 0 Å². The molecule has 1 atom stereocenters. The van der Waals surface area contributed by atoms with E-state index >= 15 is 0 Å². The number of nitrogens with zero attached hydrogens (tertiary/aromatic N) is 1. The third-order valence-corrected chi connectivity index (χ3v) is 6.73. The van der Waals surface area contributed by atoms with Crippen molar-refractivity contribution < 1.29 is 24.2 Å². The molecule has 0 radical (unpaired) electrons. The molecule has 7 nitrogen and oxygen atoms in total. The maximum atomic E-state index is 13.5. The number of carbonyl (C=O) groups is 2. The number of hydrogen-bond donors (Lipinski definition) is 2. The zero-order chi connectivity index (χ0) is 25.6. The van der Waals surface area contributed by atoms with Crippen LogP contribution in [0.3, 0.4) is 0 Å². The summed E-state index contributed by atoms with van der Waals surface area (Å²) in [5.41, 5.74) is 3.10. The third kappa shape index (κ3) is 3.69. The van der Waals surface area contributed by atoms with Crippen LogP contribution in [0.25, 0.3) is 16.7 Å². The van der Waals surface area contributed by atoms with Gasteiger partial charge in [-0.3, -0.25) is 14.5 Å². The van der Waals surface area contributed by atoms with Crippen LogP contribution in [0.2, 0.25) is 5.02 Å². The number of ketones is 1. The summed E-state index contributed by atoms with van der Waals surface area (Å²) < 4.78 is 10.7. The number of H-pyrrole nitrogens is 1. The number of methoxy groups -OCH3 is 2. The molecule has 1 unspecified atom stereocenters. The number of rotatable bonds is 5. The normalized spacial score (nSPS) is 17.1. The van der Waals surface area contributed by atoms with Crippen molar-refractivity contribution in [2.75, 3.05) is 19.1 Å². The SMILES string of the molecule is COc1cccc(N2C(=O)C(=O)/C(=C(/O)c3ccc(Cl)c(OC)c3)C2c2c(C)[nH]c3ccccc23)c1. The fourth-order valence-electron chi connectivity index (χ4n) is 4.75. The summed E-state index contributed by atoms with van der Waals surface area (Å²) in [6.45, 7) is 1.88. The number of nitrogens with one attached hydrogen (secondary N) is 1. The van der Waals surface area contributed by atoms with Gasteiger partial charge in [0.15, 0.2) is 0 Å². The monoisotopic (exact) mass is 502 g/mol. The molecule has 2 N–H and O–H groups in total. The van der Waals surface area contributed by atoms with E-state index in [2.05, 4.69) is 4.98 Å². The van der Waals surface area contributed by atoms with Crippen molar-refractivity contribution in [1.82, 2.24) is 4.98 Å². The van der Waals surface area contributed by atoms with Crippen LogP contribution in [-0.2, 0) is 9.59 Å². The minimum atomic E-state index is -0.894. The number of anilines is 1. The summed E-state index contributed by atoms with van der Waals surface area (Å²) in [5, 5.41) is 12.7. The molecule has 36 heavy (non-hydrogen) atoms. The number of ether oxygens (including phenoxy) is 2. The number of hydrogen-bond acceptors (Lipinski definition) is 5. The van der Waals surface area contributed by atoms with E-state index in [4.69, 9.17) is 21.1 Å². The van der Waals surface area contributed by atoms with E-state index in [1.807, 2.05) is 31.2 Å². The van der Waals surface area contributed by atoms with Gasteiger partial charge in [0.25, 0.3) is 11.7 Å². The van der Waals surface area contributed by atoms with Crippen LogP contribution in [0.1, 0.15) is 22.9 Å². The van der Waals surface area contributed by atoms with E-state index in [-0.39, 0.29) is 11.3 Å². The fourth-order valence-corrected chi connectivity index (χ4v) is 4.94. The predicted octanol–water partition coefficient (Wildman–Crippen LogP) is 5.77. The molecule has 5 rings (SSSR count). The molecular formula is C28H23ClN2O5. The Hall–Kier alpha value is -4.23. The Morgan fingerprint density at radius 1 is 1.00 bits per heavy atom. The fraction of sp³-hybridized carbons (Fsp3) is 0.143. The Kier molecular flexibility index (Phi) is 5.94. The minimum Gasteiger partial charge on any atom is -0.507 e. The van der Waals surface area contributed by atoms with Crippen LogP contribution in [0, 0.1) is 6.92 Å². The zero-order valence-corrected chi connectivity index (χ0v) is 20.6. The number of aromatic amines is 1. The topological polar surface area (TPSA) is 91.9 Å². The number of aliphatic hydroxyl groups is 1. The second-order valence-electron chi connectivity index (χ2n) is 8.43. The first-order valence-electron chi connectivity index (χ1n) is 11.2. The second-order valence-corrected chi connectivity index (χ2v) is 8.84. The Morgan fingerprint density at radius 3 is 2.53 bits per heavy atom. The number of para-hydroxylation sites is 1. The lowest BCUT2D eigenvalue weighted by molar-refractivity contribution is -0.132. The number of amides is 1. The molecule has 0 saturated carbocycles. The van der Waals surface area contributed by atoms with Crippen molar-refractivity contribution in [3.05, 3.63) is 94.1 Å². The third-order valence-electron chi connectivity index (χ3n) is 6.42. The highest BCUT2D eigenvalue weighted by molar-refractivity contribution is 6.52. The zero-order valence-electron chi connectivity index (χ0n) is 19.8. The number of aliphatic hydroxyl groups excluding tert-OH is 1. The van der Waals surface area contributed by atoms with Gasteiger partial charge in [-0.1, -0.05) is 35.9 Å². The first kappa shape index (κ1) is 23.5. The van der Waals surface area contributed by atoms with Crippen LogP contribution in [0.15, 0.2) is 72.3 Å². The number of fused-ring (bicyclic) bond motifs is 1. The lowest BCUT2D eigenvalue weighted by atomic mass is 9.93. The van der Waals surface area contributed by atoms with Gasteiger partial charge >= 0.3 is 0 Å². The molecule has 1 amide bonds. The van der Waals surface area contributed by atoms with Gasteiger partial charge in [0.1, 0.15) is 17.3 Å². The van der Waals surface area contributed by atoms with Gasteiger partial charge in [0.2, 0.25) is 0 Å². The van der Waals surface area contributed by atoms with Gasteiger partial charge in [-0.15, -0.1) is 0 Å². The summed E-state index contributed by atoms with van der Waals surface area (Å²) >= 11 is 6.17. The summed E-state index contributed by atoms with van der Waals surface area (Å²) in [5.74, 6) is -0.989. The summed E-state index contributed by atoms with van der Waals surface area (Å²) in [7, 11) is 2.99. The van der Waals surface area contributed by atoms with Crippen molar-refractivity contribution in [1.29, 1.82) is 0 Å². The molecule has 0 aliphatic carbocycles. The molecule has 1 aliphatic heterocycles. The van der Waals surface area contributed by atoms with Gasteiger partial charge in [-0.05, 0) is 43.3 Å². The minimum absolute atomic E-state index is 0.0277. The van der Waals surface area contributed by atoms with E-state index in [0.29, 0.717) is 27.8 Å². The van der Waals surface area contributed by atoms with E-state index in [1.165, 1.54) is 25.2 Å². The number of halogens is 1. The van der Waals surface area contributed by atoms with Crippen LogP contribution in [0.4, 0.5) is 5.69 Å². The van der Waals surface area contributed by atoms with Gasteiger partial charge in [0.05, 0.1) is 30.9 Å². The number of aromatic nitrogens is 1. The molecule has 0 spiro atoms. The van der Waals surface area contributed by atoms with Gasteiger partial charge in [-0.25, -0.2) is 0 Å². The van der Waals surface area contributed by atoms with Gasteiger partial charge < -0.3 is 19.6 Å². The Balaban J connectivity index is 1.81. The second kappa shape index (κ2) is 9.09. The van der Waals surface area contributed by atoms with Crippen molar-refractivity contribution in [3.8, 4) is 11.5 Å². The molecule has 182 valence electrons. The van der Waals surface area contributed by atoms with E-state index in [9.17, 15) is 14.7 Å². The number of benzene rings is 3. The maximum Gasteiger partial charge on any atom is 0.300 e. The number of carbonyl (C=O) groups excluding carboxylic acids is 2. The summed E-state index contributed by atoms with van der Waals surface area (Å²) in [4.78, 5) is 31.8. The van der Waals surface area contributed by atoms with Crippen molar-refractivity contribution in [2.45, 2.75) is 13.0 Å². The van der Waals surface area contributed by atoms with E-state index in [1.54, 1.807) is 36.4 Å². The van der Waals surface area contributed by atoms with Crippen LogP contribution >= 0.6 is 11.6 Å². The quantitative estimate of drug-likeness (QED) is 0.205. The van der Waals surface area contributed by atoms with E-state index in [0.717, 1.165) is 22.2 Å². The lowest BCUT2D eigenvalue weighted by Gasteiger charge is -2.26. The predicted molar refractivity (Wildman–Crippen MR) is 139 cm³/mol. The highest BCUT2D eigenvalue weighted by Crippen LogP contribution is 2.46. The van der Waals surface area contributed by atoms with Crippen LogP contribution in [0.5, 0.6) is 11.5 Å². The molecular weight excluding hydrogens is 480 g/mol. The van der Waals surface area contributed by atoms with Crippen molar-refractivity contribution >= 4 is 45.6 Å². The first-order chi connectivity index (χ1) is 17.3. The molecule has 4 aromatic rings. The molecule has 8 heteroatoms. The molecule has 1 fully saturated rings. The maximum absolute atomic E-state index is 13.5. The number of aryl methyl sites for hydroxylation is 1. The van der Waals surface area contributed by atoms with Crippen molar-refractivity contribution in [3.63, 3.8) is 0 Å². The molecule has 2 heterocycles. The molecule has 1 saturated heterocycles. The van der Waals surface area contributed by atoms with Gasteiger partial charge in [-0.2, -0.15) is 0 Å². The van der Waals surface area contributed by atoms with Gasteiger partial charge in [0, 0.05) is 39.5 Å². The van der Waals surface area contributed by atoms with Crippen LogP contribution in [-0.4, -0.2) is 36.0 Å². The summed E-state index contributed by atoms with van der Waals surface area (Å²) in [6, 6.07) is 18.4. The van der Waals surface area contributed by atoms with Crippen LogP contribution < -0.4 is 14.4 Å². The van der Waals surface area contributed by atoms with E-state index < -0.39 is 17.7 Å². The largest absolute Gasteiger partial charge is 0.507 e. The highest BCUT2D eigenvalue weighted by Gasteiger charge is 2.48. The average molecular weight is 503 g/mol. The first-order valence-corrected chi connectivity index (χ1v) is 11.6. The highest BCUT2D eigenvalue weighted by atomic mass is 35.5. The number of Topliss-reactive ketones (excluding diaryl/α,β-unsaturated/α-hetero) is 1. The Labute approximate surface area is 212 Å². The molecule has 1 aliphatic rings. The molecule has 1 aromatic heterocycles. The lowest BCUT2D eigenvalue weighted by Crippen LogP contribution is -2.29. The molecule has 3 aromatic carbocycles. The standard InChI is InChI=1S/C28H23ClN2O5/c1-15-23(19-9-4-5-10-21(19)30-15)25-24(26(32)16-11-12-20(29)22(13-16)36-3)27(33)28(34)31(25)17-7-6-8-18(14-17)35-2/h4-14,25,30,32H,1-3H3/b26-24+. The smallest absolute Gasteiger partial charge is 0.300 e. The molecule has 0 bridgehead atoms. The summed E-state index contributed by atoms with van der Waals surface area (Å²) in [6.07, 6.45) is 0.